The van der Waals surface area contributed by atoms with E-state index in [1.54, 1.807) is 24.3 Å². The summed E-state index contributed by atoms with van der Waals surface area (Å²) in [6, 6.07) is 9.69. The molecule has 2 aromatic rings. The van der Waals surface area contributed by atoms with E-state index in [1.807, 2.05) is 0 Å². The molecule has 1 unspecified atom stereocenters. The van der Waals surface area contributed by atoms with Crippen LogP contribution >= 0.6 is 0 Å². The molecular weight excluding hydrogens is 275 g/mol. The van der Waals surface area contributed by atoms with Gasteiger partial charge in [0.2, 0.25) is 0 Å². The topological polar surface area (TPSA) is 47.9 Å². The quantitative estimate of drug-likeness (QED) is 0.920. The van der Waals surface area contributed by atoms with E-state index in [0.717, 1.165) is 0 Å². The molecule has 0 saturated heterocycles. The molecule has 0 radical (unpaired) electrons. The van der Waals surface area contributed by atoms with Gasteiger partial charge >= 0.3 is 0 Å². The molecule has 1 atom stereocenters. The summed E-state index contributed by atoms with van der Waals surface area (Å²) in [4.78, 5) is 0. The van der Waals surface area contributed by atoms with Crippen molar-refractivity contribution in [3.05, 3.63) is 53.3 Å². The molecular formula is C16H17FO4. The van der Waals surface area contributed by atoms with Crippen LogP contribution in [0.25, 0.3) is 0 Å². The van der Waals surface area contributed by atoms with Crippen LogP contribution in [0, 0.1) is 5.82 Å². The van der Waals surface area contributed by atoms with Gasteiger partial charge in [-0.25, -0.2) is 4.39 Å². The highest BCUT2D eigenvalue weighted by molar-refractivity contribution is 5.50. The van der Waals surface area contributed by atoms with Gasteiger partial charge in [-0.15, -0.1) is 0 Å². The summed E-state index contributed by atoms with van der Waals surface area (Å²) in [6.45, 7) is 0. The van der Waals surface area contributed by atoms with Crippen molar-refractivity contribution in [3.8, 4) is 17.2 Å². The zero-order valence-corrected chi connectivity index (χ0v) is 12.1. The van der Waals surface area contributed by atoms with Gasteiger partial charge in [0, 0.05) is 5.56 Å². The second-order valence-corrected chi connectivity index (χ2v) is 4.34. The van der Waals surface area contributed by atoms with Gasteiger partial charge < -0.3 is 19.3 Å². The number of aliphatic hydroxyl groups is 1. The fourth-order valence-electron chi connectivity index (χ4n) is 2.20. The molecule has 0 aliphatic heterocycles. The summed E-state index contributed by atoms with van der Waals surface area (Å²) in [5.41, 5.74) is 0.465. The molecule has 2 aromatic carbocycles. The summed E-state index contributed by atoms with van der Waals surface area (Å²) < 4.78 is 29.7. The Morgan fingerprint density at radius 2 is 1.33 bits per heavy atom. The van der Waals surface area contributed by atoms with E-state index in [9.17, 15) is 9.50 Å². The Kier molecular flexibility index (Phi) is 4.65. The maximum Gasteiger partial charge on any atom is 0.171 e. The highest BCUT2D eigenvalue weighted by atomic mass is 19.1. The molecule has 0 amide bonds. The molecule has 0 aliphatic carbocycles. The van der Waals surface area contributed by atoms with Crippen LogP contribution in [0.2, 0.25) is 0 Å². The smallest absolute Gasteiger partial charge is 0.171 e. The lowest BCUT2D eigenvalue weighted by molar-refractivity contribution is 0.202. The number of aliphatic hydroxyl groups excluding tert-OH is 1. The summed E-state index contributed by atoms with van der Waals surface area (Å²) >= 11 is 0. The molecule has 0 bridgehead atoms. The first-order valence-electron chi connectivity index (χ1n) is 6.35. The first-order valence-corrected chi connectivity index (χ1v) is 6.35. The van der Waals surface area contributed by atoms with Crippen LogP contribution in [0.5, 0.6) is 17.2 Å². The van der Waals surface area contributed by atoms with Crippen LogP contribution in [0.15, 0.2) is 36.4 Å². The van der Waals surface area contributed by atoms with Crippen LogP contribution in [-0.4, -0.2) is 26.4 Å². The van der Waals surface area contributed by atoms with Crippen molar-refractivity contribution in [2.75, 3.05) is 21.3 Å². The third kappa shape index (κ3) is 2.78. The van der Waals surface area contributed by atoms with Crippen molar-refractivity contribution in [1.82, 2.24) is 0 Å². The second kappa shape index (κ2) is 6.45. The summed E-state index contributed by atoms with van der Waals surface area (Å²) in [7, 11) is 4.33. The van der Waals surface area contributed by atoms with Gasteiger partial charge in [0.1, 0.15) is 17.6 Å². The van der Waals surface area contributed by atoms with Gasteiger partial charge in [0.05, 0.1) is 26.9 Å². The monoisotopic (exact) mass is 292 g/mol. The first kappa shape index (κ1) is 15.1. The lowest BCUT2D eigenvalue weighted by Gasteiger charge is -2.19. The number of methoxy groups -OCH3 is 3. The van der Waals surface area contributed by atoms with E-state index in [2.05, 4.69) is 0 Å². The average Bonchev–Trinajstić information content (AvgIpc) is 2.53. The van der Waals surface area contributed by atoms with Gasteiger partial charge in [-0.1, -0.05) is 18.2 Å². The molecule has 0 heterocycles. The molecule has 4 nitrogen and oxygen atoms in total. The van der Waals surface area contributed by atoms with Crippen molar-refractivity contribution in [3.63, 3.8) is 0 Å². The number of halogens is 1. The Hall–Kier alpha value is -2.27. The normalized spacial score (nSPS) is 11.9. The molecule has 0 spiro atoms. The van der Waals surface area contributed by atoms with Gasteiger partial charge in [-0.2, -0.15) is 0 Å². The number of rotatable bonds is 5. The standard InChI is InChI=1S/C16H17FO4/c1-19-11-7-5-8-12(20-2)14(11)16(18)10-6-4-9-13(21-3)15(10)17/h4-9,16,18H,1-3H3. The fraction of sp³-hybridized carbons (Fsp3) is 0.250. The fourth-order valence-corrected chi connectivity index (χ4v) is 2.20. The molecule has 112 valence electrons. The molecule has 0 saturated carbocycles. The van der Waals surface area contributed by atoms with E-state index in [0.29, 0.717) is 17.1 Å². The maximum absolute atomic E-state index is 14.3. The SMILES string of the molecule is COc1cccc(C(O)c2c(OC)cccc2OC)c1F. The van der Waals surface area contributed by atoms with E-state index < -0.39 is 11.9 Å². The predicted molar refractivity (Wildman–Crippen MR) is 76.6 cm³/mol. The van der Waals surface area contributed by atoms with E-state index in [-0.39, 0.29) is 11.3 Å². The maximum atomic E-state index is 14.3. The minimum Gasteiger partial charge on any atom is -0.496 e. The minimum absolute atomic E-state index is 0.0698. The molecule has 5 heteroatoms. The zero-order valence-electron chi connectivity index (χ0n) is 12.1. The Bertz CT molecular complexity index is 605. The second-order valence-electron chi connectivity index (χ2n) is 4.34. The van der Waals surface area contributed by atoms with Crippen molar-refractivity contribution in [2.24, 2.45) is 0 Å². The summed E-state index contributed by atoms with van der Waals surface area (Å²) in [5.74, 6) is 0.300. The van der Waals surface area contributed by atoms with Crippen molar-refractivity contribution < 1.29 is 23.7 Å². The van der Waals surface area contributed by atoms with E-state index >= 15 is 0 Å². The molecule has 21 heavy (non-hydrogen) atoms. The highest BCUT2D eigenvalue weighted by Crippen LogP contribution is 2.39. The predicted octanol–water partition coefficient (Wildman–Crippen LogP) is 2.93. The van der Waals surface area contributed by atoms with Crippen LogP contribution in [0.3, 0.4) is 0 Å². The lowest BCUT2D eigenvalue weighted by atomic mass is 9.99. The van der Waals surface area contributed by atoms with E-state index in [1.165, 1.54) is 33.5 Å². The summed E-state index contributed by atoms with van der Waals surface area (Å²) in [5, 5.41) is 10.6. The summed E-state index contributed by atoms with van der Waals surface area (Å²) in [6.07, 6.45) is -1.23. The zero-order chi connectivity index (χ0) is 15.4. The van der Waals surface area contributed by atoms with Gasteiger partial charge in [0.15, 0.2) is 11.6 Å². The Morgan fingerprint density at radius 3 is 1.86 bits per heavy atom. The molecule has 2 rings (SSSR count). The third-order valence-corrected chi connectivity index (χ3v) is 3.25. The van der Waals surface area contributed by atoms with Crippen molar-refractivity contribution in [1.29, 1.82) is 0 Å². The minimum atomic E-state index is -1.23. The highest BCUT2D eigenvalue weighted by Gasteiger charge is 2.24. The van der Waals surface area contributed by atoms with Gasteiger partial charge in [0.25, 0.3) is 0 Å². The Balaban J connectivity index is 2.57. The number of hydrogen-bond acceptors (Lipinski definition) is 4. The number of hydrogen-bond donors (Lipinski definition) is 1. The molecule has 0 aliphatic rings. The third-order valence-electron chi connectivity index (χ3n) is 3.25. The van der Waals surface area contributed by atoms with Crippen LogP contribution in [0.4, 0.5) is 4.39 Å². The lowest BCUT2D eigenvalue weighted by Crippen LogP contribution is -2.07. The van der Waals surface area contributed by atoms with E-state index in [4.69, 9.17) is 14.2 Å². The van der Waals surface area contributed by atoms with Crippen LogP contribution in [-0.2, 0) is 0 Å². The van der Waals surface area contributed by atoms with Crippen LogP contribution < -0.4 is 14.2 Å². The average molecular weight is 292 g/mol. The first-order chi connectivity index (χ1) is 10.1. The molecule has 1 N–H and O–H groups in total. The molecule has 0 fully saturated rings. The van der Waals surface area contributed by atoms with Gasteiger partial charge in [-0.05, 0) is 18.2 Å². The number of ether oxygens (including phenoxy) is 3. The Morgan fingerprint density at radius 1 is 0.857 bits per heavy atom. The Labute approximate surface area is 122 Å². The van der Waals surface area contributed by atoms with Gasteiger partial charge in [-0.3, -0.25) is 0 Å². The van der Waals surface area contributed by atoms with Crippen LogP contribution in [0.1, 0.15) is 17.2 Å². The largest absolute Gasteiger partial charge is 0.496 e. The van der Waals surface area contributed by atoms with Crippen molar-refractivity contribution >= 4 is 0 Å². The van der Waals surface area contributed by atoms with Crippen molar-refractivity contribution in [2.45, 2.75) is 6.10 Å². The molecule has 0 aromatic heterocycles. The number of benzene rings is 2.